The molecule has 0 atom stereocenters. The predicted octanol–water partition coefficient (Wildman–Crippen LogP) is 3.99. The van der Waals surface area contributed by atoms with Gasteiger partial charge in [0.25, 0.3) is 0 Å². The number of amides is 1. The lowest BCUT2D eigenvalue weighted by atomic mass is 10.1. The second-order valence-corrected chi connectivity index (χ2v) is 8.37. The number of nitrogens with one attached hydrogen (secondary N) is 1. The normalized spacial score (nSPS) is 11.6. The van der Waals surface area contributed by atoms with E-state index in [4.69, 9.17) is 4.42 Å². The van der Waals surface area contributed by atoms with Gasteiger partial charge in [-0.1, -0.05) is 36.4 Å². The first-order valence-corrected chi connectivity index (χ1v) is 10.5. The Balaban J connectivity index is 1.58. The number of anilines is 2. The van der Waals surface area contributed by atoms with E-state index in [0.717, 1.165) is 26.9 Å². The number of carbonyl (C=O) groups excluding carboxylic acids is 1. The summed E-state index contributed by atoms with van der Waals surface area (Å²) in [5.74, 6) is -0.440. The van der Waals surface area contributed by atoms with E-state index in [1.165, 1.54) is 0 Å². The number of sulfonamides is 1. The summed E-state index contributed by atoms with van der Waals surface area (Å²) in [6.07, 6.45) is 1.08. The van der Waals surface area contributed by atoms with Crippen molar-refractivity contribution in [2.75, 3.05) is 22.4 Å². The topological polar surface area (TPSA) is 79.6 Å². The average molecular weight is 394 g/mol. The van der Waals surface area contributed by atoms with Crippen molar-refractivity contribution in [3.8, 4) is 0 Å². The Hall–Kier alpha value is -3.32. The molecule has 4 aromatic rings. The van der Waals surface area contributed by atoms with Gasteiger partial charge >= 0.3 is 0 Å². The summed E-state index contributed by atoms with van der Waals surface area (Å²) in [6.45, 7) is -0.318. The van der Waals surface area contributed by atoms with Crippen LogP contribution in [0.3, 0.4) is 0 Å². The fourth-order valence-electron chi connectivity index (χ4n) is 3.13. The van der Waals surface area contributed by atoms with Crippen LogP contribution in [0.15, 0.2) is 77.2 Å². The first-order valence-electron chi connectivity index (χ1n) is 8.66. The summed E-state index contributed by atoms with van der Waals surface area (Å²) in [5.41, 5.74) is 2.40. The number of furan rings is 1. The lowest BCUT2D eigenvalue weighted by molar-refractivity contribution is -0.114. The second-order valence-electron chi connectivity index (χ2n) is 6.46. The smallest absolute Gasteiger partial charge is 0.245 e. The standard InChI is InChI=1S/C21H18N2O4S/c1-28(25,26)23(16-7-3-2-4-8-16)14-21(24)22-15-11-12-18-17-9-5-6-10-19(17)27-20(18)13-15/h2-13H,14H2,1H3,(H,22,24). The molecule has 7 heteroatoms. The summed E-state index contributed by atoms with van der Waals surface area (Å²) in [5, 5.41) is 4.70. The summed E-state index contributed by atoms with van der Waals surface area (Å²) in [7, 11) is -3.60. The van der Waals surface area contributed by atoms with E-state index in [-0.39, 0.29) is 6.54 Å². The molecule has 0 aliphatic carbocycles. The molecule has 142 valence electrons. The number of nitrogens with zero attached hydrogens (tertiary/aromatic N) is 1. The van der Waals surface area contributed by atoms with Crippen LogP contribution in [0.25, 0.3) is 21.9 Å². The largest absolute Gasteiger partial charge is 0.456 e. The van der Waals surface area contributed by atoms with Crippen LogP contribution in [0.2, 0.25) is 0 Å². The molecule has 0 unspecified atom stereocenters. The summed E-state index contributed by atoms with van der Waals surface area (Å²) >= 11 is 0. The Morgan fingerprint density at radius 1 is 0.929 bits per heavy atom. The summed E-state index contributed by atoms with van der Waals surface area (Å²) in [6, 6.07) is 21.6. The third-order valence-corrected chi connectivity index (χ3v) is 5.53. The van der Waals surface area contributed by atoms with E-state index in [2.05, 4.69) is 5.32 Å². The van der Waals surface area contributed by atoms with Crippen molar-refractivity contribution in [1.29, 1.82) is 0 Å². The lowest BCUT2D eigenvalue weighted by Gasteiger charge is -2.21. The molecule has 0 radical (unpaired) electrons. The third-order valence-electron chi connectivity index (χ3n) is 4.39. The molecule has 0 saturated heterocycles. The van der Waals surface area contributed by atoms with Gasteiger partial charge in [-0.2, -0.15) is 0 Å². The van der Waals surface area contributed by atoms with Crippen LogP contribution in [-0.4, -0.2) is 27.1 Å². The SMILES string of the molecule is CS(=O)(=O)N(CC(=O)Nc1ccc2c(c1)oc1ccccc12)c1ccccc1. The van der Waals surface area contributed by atoms with E-state index < -0.39 is 15.9 Å². The molecule has 1 N–H and O–H groups in total. The van der Waals surface area contributed by atoms with Crippen molar-refractivity contribution in [2.45, 2.75) is 0 Å². The number of hydrogen-bond acceptors (Lipinski definition) is 4. The molecule has 1 aromatic heterocycles. The van der Waals surface area contributed by atoms with Crippen molar-refractivity contribution < 1.29 is 17.6 Å². The van der Waals surface area contributed by atoms with Crippen molar-refractivity contribution >= 4 is 49.2 Å². The number of fused-ring (bicyclic) bond motifs is 3. The van der Waals surface area contributed by atoms with Gasteiger partial charge in [0.2, 0.25) is 15.9 Å². The van der Waals surface area contributed by atoms with Crippen LogP contribution in [0.1, 0.15) is 0 Å². The quantitative estimate of drug-likeness (QED) is 0.555. The number of hydrogen-bond donors (Lipinski definition) is 1. The molecular weight excluding hydrogens is 376 g/mol. The van der Waals surface area contributed by atoms with Gasteiger partial charge in [0.1, 0.15) is 17.7 Å². The first kappa shape index (κ1) is 18.1. The summed E-state index contributed by atoms with van der Waals surface area (Å²) < 4.78 is 31.1. The zero-order valence-electron chi connectivity index (χ0n) is 15.1. The highest BCUT2D eigenvalue weighted by molar-refractivity contribution is 7.92. The molecule has 1 heterocycles. The van der Waals surface area contributed by atoms with Crippen molar-refractivity contribution in [1.82, 2.24) is 0 Å². The molecule has 28 heavy (non-hydrogen) atoms. The van der Waals surface area contributed by atoms with Gasteiger partial charge in [0.05, 0.1) is 11.9 Å². The van der Waals surface area contributed by atoms with Crippen molar-refractivity contribution in [2.24, 2.45) is 0 Å². The molecule has 0 spiro atoms. The number of carbonyl (C=O) groups is 1. The van der Waals surface area contributed by atoms with E-state index in [1.54, 1.807) is 42.5 Å². The highest BCUT2D eigenvalue weighted by Gasteiger charge is 2.20. The van der Waals surface area contributed by atoms with Gasteiger partial charge in [-0.25, -0.2) is 8.42 Å². The number of para-hydroxylation sites is 2. The van der Waals surface area contributed by atoms with Crippen LogP contribution >= 0.6 is 0 Å². The maximum absolute atomic E-state index is 12.5. The van der Waals surface area contributed by atoms with Gasteiger partial charge in [0.15, 0.2) is 0 Å². The van der Waals surface area contributed by atoms with Crippen LogP contribution in [0.4, 0.5) is 11.4 Å². The molecule has 0 bridgehead atoms. The van der Waals surface area contributed by atoms with Crippen molar-refractivity contribution in [3.05, 3.63) is 72.8 Å². The molecule has 0 fully saturated rings. The van der Waals surface area contributed by atoms with Gasteiger partial charge in [-0.05, 0) is 30.3 Å². The second kappa shape index (κ2) is 7.01. The molecule has 6 nitrogen and oxygen atoms in total. The van der Waals surface area contributed by atoms with Crippen LogP contribution < -0.4 is 9.62 Å². The van der Waals surface area contributed by atoms with Crippen molar-refractivity contribution in [3.63, 3.8) is 0 Å². The monoisotopic (exact) mass is 394 g/mol. The number of benzene rings is 3. The molecular formula is C21H18N2O4S. The average Bonchev–Trinajstić information content (AvgIpc) is 3.03. The maximum atomic E-state index is 12.5. The minimum Gasteiger partial charge on any atom is -0.456 e. The Morgan fingerprint density at radius 3 is 2.36 bits per heavy atom. The highest BCUT2D eigenvalue weighted by atomic mass is 32.2. The van der Waals surface area contributed by atoms with Gasteiger partial charge < -0.3 is 9.73 Å². The minimum atomic E-state index is -3.60. The highest BCUT2D eigenvalue weighted by Crippen LogP contribution is 2.30. The lowest BCUT2D eigenvalue weighted by Crippen LogP contribution is -2.37. The molecule has 3 aromatic carbocycles. The predicted molar refractivity (Wildman–Crippen MR) is 111 cm³/mol. The van der Waals surface area contributed by atoms with E-state index in [0.29, 0.717) is 17.0 Å². The van der Waals surface area contributed by atoms with Crippen LogP contribution in [0, 0.1) is 0 Å². The molecule has 0 saturated carbocycles. The maximum Gasteiger partial charge on any atom is 0.245 e. The summed E-state index contributed by atoms with van der Waals surface area (Å²) in [4.78, 5) is 12.5. The number of rotatable bonds is 5. The van der Waals surface area contributed by atoms with Gasteiger partial charge in [-0.3, -0.25) is 9.10 Å². The molecule has 0 aliphatic heterocycles. The Kier molecular flexibility index (Phi) is 4.52. The first-order chi connectivity index (χ1) is 13.4. The fourth-order valence-corrected chi connectivity index (χ4v) is 3.99. The van der Waals surface area contributed by atoms with E-state index >= 15 is 0 Å². The molecule has 1 amide bonds. The zero-order valence-corrected chi connectivity index (χ0v) is 15.9. The van der Waals surface area contributed by atoms with Crippen LogP contribution in [0.5, 0.6) is 0 Å². The van der Waals surface area contributed by atoms with E-state index in [9.17, 15) is 13.2 Å². The fraction of sp³-hybridized carbons (Fsp3) is 0.0952. The molecule has 0 aliphatic rings. The Morgan fingerprint density at radius 2 is 1.61 bits per heavy atom. The third kappa shape index (κ3) is 3.57. The molecule has 4 rings (SSSR count). The minimum absolute atomic E-state index is 0.318. The van der Waals surface area contributed by atoms with Gasteiger partial charge in [-0.15, -0.1) is 0 Å². The van der Waals surface area contributed by atoms with Gasteiger partial charge in [0, 0.05) is 22.5 Å². The van der Waals surface area contributed by atoms with E-state index in [1.807, 2.05) is 30.3 Å². The van der Waals surface area contributed by atoms with Crippen LogP contribution in [-0.2, 0) is 14.8 Å². The Bertz CT molecular complexity index is 1260. The Labute approximate surface area is 162 Å². The zero-order chi connectivity index (χ0) is 19.7.